The Hall–Kier alpha value is -3.59. The Morgan fingerprint density at radius 3 is 2.53 bits per heavy atom. The van der Waals surface area contributed by atoms with Crippen LogP contribution in [0.3, 0.4) is 0 Å². The van der Waals surface area contributed by atoms with Crippen LogP contribution in [0.4, 0.5) is 5.69 Å². The van der Waals surface area contributed by atoms with Crippen molar-refractivity contribution < 1.29 is 28.9 Å². The zero-order valence-corrected chi connectivity index (χ0v) is 17.2. The van der Waals surface area contributed by atoms with Gasteiger partial charge in [0.05, 0.1) is 25.4 Å². The molecule has 1 aliphatic heterocycles. The van der Waals surface area contributed by atoms with Gasteiger partial charge in [-0.05, 0) is 67.2 Å². The number of thiocarbonyl (C=S) groups is 1. The number of carboxylic acids is 1. The molecule has 0 aromatic heterocycles. The SMILES string of the molecule is CCOc1cc(/C=C2\NC(=S)N(c3ccc(OC)cc3)C2=O)ccc1OCC(=O)[O-]. The number of hydrogen-bond acceptors (Lipinski definition) is 7. The topological polar surface area (TPSA) is 100 Å². The van der Waals surface area contributed by atoms with Crippen LogP contribution < -0.4 is 29.5 Å². The van der Waals surface area contributed by atoms with Crippen LogP contribution in [0.25, 0.3) is 6.08 Å². The van der Waals surface area contributed by atoms with Crippen molar-refractivity contribution in [2.45, 2.75) is 6.92 Å². The molecule has 0 radical (unpaired) electrons. The summed E-state index contributed by atoms with van der Waals surface area (Å²) in [7, 11) is 1.56. The van der Waals surface area contributed by atoms with Gasteiger partial charge in [0.2, 0.25) is 0 Å². The molecule has 0 saturated carbocycles. The molecule has 1 saturated heterocycles. The minimum Gasteiger partial charge on any atom is -0.546 e. The van der Waals surface area contributed by atoms with Gasteiger partial charge in [0.1, 0.15) is 18.1 Å². The molecule has 0 aliphatic carbocycles. The average molecular weight is 427 g/mol. The molecule has 1 fully saturated rings. The van der Waals surface area contributed by atoms with Crippen molar-refractivity contribution in [1.29, 1.82) is 0 Å². The lowest BCUT2D eigenvalue weighted by molar-refractivity contribution is -0.307. The predicted octanol–water partition coefficient (Wildman–Crippen LogP) is 1.48. The minimum atomic E-state index is -1.34. The summed E-state index contributed by atoms with van der Waals surface area (Å²) in [6, 6.07) is 11.9. The molecule has 0 unspecified atom stereocenters. The van der Waals surface area contributed by atoms with Crippen LogP contribution in [0.1, 0.15) is 12.5 Å². The molecular weight excluding hydrogens is 408 g/mol. The maximum Gasteiger partial charge on any atom is 0.281 e. The first kappa shape index (κ1) is 21.1. The lowest BCUT2D eigenvalue weighted by atomic mass is 10.1. The summed E-state index contributed by atoms with van der Waals surface area (Å²) in [5.41, 5.74) is 1.55. The van der Waals surface area contributed by atoms with Gasteiger partial charge >= 0.3 is 0 Å². The third-order valence-corrected chi connectivity index (χ3v) is 4.42. The molecule has 8 nitrogen and oxygen atoms in total. The van der Waals surface area contributed by atoms with E-state index >= 15 is 0 Å². The van der Waals surface area contributed by atoms with Crippen LogP contribution in [0.2, 0.25) is 0 Å². The second-order valence-electron chi connectivity index (χ2n) is 6.13. The first-order valence-corrected chi connectivity index (χ1v) is 9.44. The monoisotopic (exact) mass is 427 g/mol. The van der Waals surface area contributed by atoms with Crippen molar-refractivity contribution in [3.63, 3.8) is 0 Å². The van der Waals surface area contributed by atoms with E-state index in [0.717, 1.165) is 0 Å². The largest absolute Gasteiger partial charge is 0.546 e. The molecule has 9 heteroatoms. The van der Waals surface area contributed by atoms with Crippen LogP contribution in [0.5, 0.6) is 17.2 Å². The fourth-order valence-electron chi connectivity index (χ4n) is 2.81. The number of nitrogens with one attached hydrogen (secondary N) is 1. The zero-order valence-electron chi connectivity index (χ0n) is 16.3. The fourth-order valence-corrected chi connectivity index (χ4v) is 3.10. The average Bonchev–Trinajstić information content (AvgIpc) is 3.00. The molecule has 156 valence electrons. The maximum atomic E-state index is 12.9. The molecule has 1 aliphatic rings. The van der Waals surface area contributed by atoms with Crippen molar-refractivity contribution in [3.05, 3.63) is 53.7 Å². The Balaban J connectivity index is 1.85. The summed E-state index contributed by atoms with van der Waals surface area (Å²) in [6.07, 6.45) is 1.63. The Kier molecular flexibility index (Phi) is 6.53. The minimum absolute atomic E-state index is 0.260. The number of nitrogens with zero attached hydrogens (tertiary/aromatic N) is 1. The van der Waals surface area contributed by atoms with Crippen molar-refractivity contribution in [3.8, 4) is 17.2 Å². The van der Waals surface area contributed by atoms with Crippen molar-refractivity contribution in [2.24, 2.45) is 0 Å². The van der Waals surface area contributed by atoms with E-state index in [-0.39, 0.29) is 16.8 Å². The van der Waals surface area contributed by atoms with Crippen molar-refractivity contribution in [1.82, 2.24) is 5.32 Å². The number of hydrogen-bond donors (Lipinski definition) is 1. The maximum absolute atomic E-state index is 12.9. The first-order valence-electron chi connectivity index (χ1n) is 9.03. The van der Waals surface area contributed by atoms with Crippen LogP contribution >= 0.6 is 12.2 Å². The number of benzene rings is 2. The molecule has 30 heavy (non-hydrogen) atoms. The van der Waals surface area contributed by atoms with E-state index in [9.17, 15) is 14.7 Å². The second kappa shape index (κ2) is 9.27. The van der Waals surface area contributed by atoms with Gasteiger partial charge < -0.3 is 29.4 Å². The van der Waals surface area contributed by atoms with Gasteiger partial charge in [-0.2, -0.15) is 0 Å². The summed E-state index contributed by atoms with van der Waals surface area (Å²) in [4.78, 5) is 24.9. The summed E-state index contributed by atoms with van der Waals surface area (Å²) in [5, 5.41) is 13.8. The Morgan fingerprint density at radius 1 is 1.17 bits per heavy atom. The Morgan fingerprint density at radius 2 is 1.90 bits per heavy atom. The third-order valence-electron chi connectivity index (χ3n) is 4.13. The molecule has 3 rings (SSSR count). The zero-order chi connectivity index (χ0) is 21.7. The van der Waals surface area contributed by atoms with Crippen LogP contribution in [0.15, 0.2) is 48.2 Å². The number of amides is 1. The van der Waals surface area contributed by atoms with Gasteiger partial charge in [-0.3, -0.25) is 9.69 Å². The van der Waals surface area contributed by atoms with E-state index in [0.29, 0.717) is 35.1 Å². The summed E-state index contributed by atoms with van der Waals surface area (Å²) < 4.78 is 15.8. The molecular formula is C21H19N2O6S-. The molecule has 2 aromatic rings. The quantitative estimate of drug-likeness (QED) is 0.500. The number of ether oxygens (including phenoxy) is 3. The number of carboxylic acid groups (broad SMARTS) is 1. The van der Waals surface area contributed by atoms with E-state index < -0.39 is 12.6 Å². The van der Waals surface area contributed by atoms with Gasteiger partial charge in [0.15, 0.2) is 16.6 Å². The highest BCUT2D eigenvalue weighted by Crippen LogP contribution is 2.30. The highest BCUT2D eigenvalue weighted by atomic mass is 32.1. The number of rotatable bonds is 8. The Bertz CT molecular complexity index is 1000. The molecule has 0 bridgehead atoms. The van der Waals surface area contributed by atoms with Gasteiger partial charge in [0.25, 0.3) is 5.91 Å². The lowest BCUT2D eigenvalue weighted by Crippen LogP contribution is -2.30. The number of carbonyl (C=O) groups is 2. The summed E-state index contributed by atoms with van der Waals surface area (Å²) in [5.74, 6) is -0.348. The summed E-state index contributed by atoms with van der Waals surface area (Å²) in [6.45, 7) is 1.56. The lowest BCUT2D eigenvalue weighted by Gasteiger charge is -2.14. The molecule has 1 amide bonds. The highest BCUT2D eigenvalue weighted by molar-refractivity contribution is 7.80. The molecule has 2 aromatic carbocycles. The Labute approximate surface area is 178 Å². The number of methoxy groups -OCH3 is 1. The van der Waals surface area contributed by atoms with Crippen molar-refractivity contribution in [2.75, 3.05) is 25.2 Å². The smallest absolute Gasteiger partial charge is 0.281 e. The molecule has 0 spiro atoms. The van der Waals surface area contributed by atoms with Crippen molar-refractivity contribution >= 4 is 41.0 Å². The van der Waals surface area contributed by atoms with Crippen LogP contribution in [-0.4, -0.2) is 37.3 Å². The number of carbonyl (C=O) groups excluding carboxylic acids is 2. The third kappa shape index (κ3) is 4.69. The van der Waals surface area contributed by atoms with Gasteiger partial charge in [-0.15, -0.1) is 0 Å². The van der Waals surface area contributed by atoms with Gasteiger partial charge in [-0.1, -0.05) is 6.07 Å². The summed E-state index contributed by atoms with van der Waals surface area (Å²) >= 11 is 5.32. The molecule has 0 atom stereocenters. The predicted molar refractivity (Wildman–Crippen MR) is 112 cm³/mol. The number of anilines is 1. The van der Waals surface area contributed by atoms with E-state index in [1.165, 1.54) is 4.90 Å². The second-order valence-corrected chi connectivity index (χ2v) is 6.51. The normalized spacial score (nSPS) is 14.6. The fraction of sp³-hybridized carbons (Fsp3) is 0.190. The van der Waals surface area contributed by atoms with Crippen LogP contribution in [0, 0.1) is 0 Å². The van der Waals surface area contributed by atoms with E-state index in [2.05, 4.69) is 5.32 Å². The van der Waals surface area contributed by atoms with Gasteiger partial charge in [-0.25, -0.2) is 0 Å². The first-order chi connectivity index (χ1) is 14.4. The van der Waals surface area contributed by atoms with Crippen LogP contribution in [-0.2, 0) is 9.59 Å². The van der Waals surface area contributed by atoms with E-state index in [1.807, 2.05) is 0 Å². The highest BCUT2D eigenvalue weighted by Gasteiger charge is 2.32. The molecule has 1 N–H and O–H groups in total. The van der Waals surface area contributed by atoms with Gasteiger partial charge in [0, 0.05) is 0 Å². The standard InChI is InChI=1S/C21H20N2O6S/c1-3-28-18-11-13(4-9-17(18)29-12-19(24)25)10-16-20(26)23(21(30)22-16)14-5-7-15(27-2)8-6-14/h4-11H,3,12H2,1-2H3,(H,22,30)(H,24,25)/p-1/b16-10-. The molecule has 1 heterocycles. The number of aliphatic carboxylic acids is 1. The van der Waals surface area contributed by atoms with E-state index in [1.54, 1.807) is 62.6 Å². The van der Waals surface area contributed by atoms with E-state index in [4.69, 9.17) is 26.4 Å².